The molecule has 0 spiro atoms. The van der Waals surface area contributed by atoms with Crippen molar-refractivity contribution in [2.24, 2.45) is 0 Å². The number of ether oxygens (including phenoxy) is 1. The van der Waals surface area contributed by atoms with Gasteiger partial charge < -0.3 is 9.64 Å². The molecule has 2 aliphatic rings. The second-order valence-electron chi connectivity index (χ2n) is 8.01. The van der Waals surface area contributed by atoms with Crippen LogP contribution in [0.15, 0.2) is 0 Å². The van der Waals surface area contributed by atoms with Crippen molar-refractivity contribution in [2.45, 2.75) is 63.7 Å². The van der Waals surface area contributed by atoms with Crippen molar-refractivity contribution in [1.82, 2.24) is 14.5 Å². The third-order valence-corrected chi connectivity index (χ3v) is 6.70. The number of nitrogens with one attached hydrogen (secondary N) is 1. The van der Waals surface area contributed by atoms with E-state index in [1.165, 1.54) is 0 Å². The lowest BCUT2D eigenvalue weighted by Crippen LogP contribution is -2.51. The Bertz CT molecular complexity index is 531. The Morgan fingerprint density at radius 1 is 1.08 bits per heavy atom. The predicted octanol–water partition coefficient (Wildman–Crippen LogP) is 1.79. The lowest BCUT2D eigenvalue weighted by molar-refractivity contribution is 0.0147. The molecular weight excluding hydrogens is 342 g/mol. The number of carbonyl (C=O) groups is 1. The molecular formula is C17H33N3O4S. The molecule has 0 bridgehead atoms. The molecule has 1 saturated carbocycles. The Hall–Kier alpha value is -0.860. The summed E-state index contributed by atoms with van der Waals surface area (Å²) < 4.78 is 32.8. The summed E-state index contributed by atoms with van der Waals surface area (Å²) in [7, 11) is -3.19. The van der Waals surface area contributed by atoms with Gasteiger partial charge in [-0.3, -0.25) is 4.90 Å². The summed E-state index contributed by atoms with van der Waals surface area (Å²) in [5.41, 5.74) is -0.481. The maximum atomic E-state index is 12.3. The van der Waals surface area contributed by atoms with Gasteiger partial charge in [0.25, 0.3) is 0 Å². The van der Waals surface area contributed by atoms with Gasteiger partial charge in [-0.1, -0.05) is 19.3 Å². The van der Waals surface area contributed by atoms with E-state index in [0.29, 0.717) is 26.2 Å². The molecule has 0 unspecified atom stereocenters. The first-order valence-corrected chi connectivity index (χ1v) is 10.9. The minimum Gasteiger partial charge on any atom is -0.444 e. The van der Waals surface area contributed by atoms with Gasteiger partial charge in [0, 0.05) is 39.3 Å². The molecule has 0 radical (unpaired) electrons. The van der Waals surface area contributed by atoms with Crippen molar-refractivity contribution < 1.29 is 17.9 Å². The second-order valence-corrected chi connectivity index (χ2v) is 10.1. The van der Waals surface area contributed by atoms with Gasteiger partial charge in [0.05, 0.1) is 5.25 Å². The Morgan fingerprint density at radius 3 is 2.24 bits per heavy atom. The molecule has 1 aliphatic heterocycles. The fourth-order valence-electron chi connectivity index (χ4n) is 3.32. The number of nitrogens with zero attached hydrogens (tertiary/aromatic N) is 2. The van der Waals surface area contributed by atoms with Crippen molar-refractivity contribution in [3.8, 4) is 0 Å². The molecule has 0 aromatic heterocycles. The van der Waals surface area contributed by atoms with E-state index in [0.717, 1.165) is 45.2 Å². The van der Waals surface area contributed by atoms with E-state index in [1.54, 1.807) is 4.90 Å². The molecule has 1 heterocycles. The summed E-state index contributed by atoms with van der Waals surface area (Å²) in [5.74, 6) is 0. The van der Waals surface area contributed by atoms with Crippen LogP contribution in [0.3, 0.4) is 0 Å². The quantitative estimate of drug-likeness (QED) is 0.793. The molecule has 1 aliphatic carbocycles. The first-order valence-electron chi connectivity index (χ1n) is 9.36. The van der Waals surface area contributed by atoms with E-state index in [1.807, 2.05) is 20.8 Å². The van der Waals surface area contributed by atoms with Gasteiger partial charge in [0.1, 0.15) is 5.60 Å². The number of amides is 1. The number of sulfonamides is 1. The zero-order valence-corrected chi connectivity index (χ0v) is 16.6. The first kappa shape index (κ1) is 20.5. The van der Waals surface area contributed by atoms with Crippen LogP contribution < -0.4 is 4.72 Å². The van der Waals surface area contributed by atoms with Crippen molar-refractivity contribution in [2.75, 3.05) is 39.3 Å². The van der Waals surface area contributed by atoms with Crippen LogP contribution in [0.4, 0.5) is 4.79 Å². The summed E-state index contributed by atoms with van der Waals surface area (Å²) in [5, 5.41) is -0.217. The molecule has 7 nitrogen and oxygen atoms in total. The first-order chi connectivity index (χ1) is 11.7. The maximum Gasteiger partial charge on any atom is 0.410 e. The number of hydrogen-bond acceptors (Lipinski definition) is 5. The SMILES string of the molecule is CC(C)(C)OC(=O)N1CCN(CCNS(=O)(=O)C2CCCCC2)CC1. The van der Waals surface area contributed by atoms with Gasteiger partial charge in [-0.15, -0.1) is 0 Å². The van der Waals surface area contributed by atoms with E-state index in [9.17, 15) is 13.2 Å². The van der Waals surface area contributed by atoms with Gasteiger partial charge in [0.2, 0.25) is 10.0 Å². The van der Waals surface area contributed by atoms with Crippen molar-refractivity contribution in [1.29, 1.82) is 0 Å². The fourth-order valence-corrected chi connectivity index (χ4v) is 4.89. The molecule has 2 fully saturated rings. The molecule has 146 valence electrons. The van der Waals surface area contributed by atoms with Gasteiger partial charge in [-0.2, -0.15) is 0 Å². The minimum absolute atomic E-state index is 0.217. The standard InChI is InChI=1S/C17H33N3O4S/c1-17(2,3)24-16(21)20-13-11-19(12-14-20)10-9-18-25(22,23)15-7-5-4-6-8-15/h15,18H,4-14H2,1-3H3. The second kappa shape index (κ2) is 8.68. The topological polar surface area (TPSA) is 79.0 Å². The summed E-state index contributed by atoms with van der Waals surface area (Å²) in [6, 6.07) is 0. The van der Waals surface area contributed by atoms with Crippen LogP contribution >= 0.6 is 0 Å². The number of piperazine rings is 1. The summed E-state index contributed by atoms with van der Waals surface area (Å²) >= 11 is 0. The van der Waals surface area contributed by atoms with Gasteiger partial charge in [-0.25, -0.2) is 17.9 Å². The maximum absolute atomic E-state index is 12.3. The summed E-state index contributed by atoms with van der Waals surface area (Å²) in [6.45, 7) is 9.40. The van der Waals surface area contributed by atoms with E-state index < -0.39 is 15.6 Å². The Balaban J connectivity index is 1.67. The highest BCUT2D eigenvalue weighted by molar-refractivity contribution is 7.90. The summed E-state index contributed by atoms with van der Waals surface area (Å²) in [6.07, 6.45) is 4.46. The normalized spacial score (nSPS) is 21.3. The van der Waals surface area contributed by atoms with Crippen LogP contribution in [0.2, 0.25) is 0 Å². The van der Waals surface area contributed by atoms with Gasteiger partial charge >= 0.3 is 6.09 Å². The van der Waals surface area contributed by atoms with Crippen LogP contribution in [-0.4, -0.2) is 74.4 Å². The lowest BCUT2D eigenvalue weighted by atomic mass is 10.0. The Labute approximate surface area is 152 Å². The average Bonchev–Trinajstić information content (AvgIpc) is 2.54. The number of carbonyl (C=O) groups excluding carboxylic acids is 1. The largest absolute Gasteiger partial charge is 0.444 e. The van der Waals surface area contributed by atoms with Gasteiger partial charge in [0.15, 0.2) is 0 Å². The molecule has 0 aromatic carbocycles. The highest BCUT2D eigenvalue weighted by Gasteiger charge is 2.28. The molecule has 1 saturated heterocycles. The van der Waals surface area contributed by atoms with Crippen LogP contribution in [0.5, 0.6) is 0 Å². The third-order valence-electron chi connectivity index (χ3n) is 4.75. The lowest BCUT2D eigenvalue weighted by Gasteiger charge is -2.35. The summed E-state index contributed by atoms with van der Waals surface area (Å²) in [4.78, 5) is 15.9. The average molecular weight is 376 g/mol. The van der Waals surface area contributed by atoms with E-state index in [4.69, 9.17) is 4.74 Å². The molecule has 25 heavy (non-hydrogen) atoms. The smallest absolute Gasteiger partial charge is 0.410 e. The monoisotopic (exact) mass is 375 g/mol. The minimum atomic E-state index is -3.19. The number of hydrogen-bond donors (Lipinski definition) is 1. The van der Waals surface area contributed by atoms with Crippen molar-refractivity contribution >= 4 is 16.1 Å². The third kappa shape index (κ3) is 6.75. The van der Waals surface area contributed by atoms with E-state index >= 15 is 0 Å². The van der Waals surface area contributed by atoms with Crippen molar-refractivity contribution in [3.63, 3.8) is 0 Å². The van der Waals surface area contributed by atoms with E-state index in [2.05, 4.69) is 9.62 Å². The molecule has 0 atom stereocenters. The highest BCUT2D eigenvalue weighted by atomic mass is 32.2. The molecule has 8 heteroatoms. The molecule has 1 amide bonds. The molecule has 2 rings (SSSR count). The fraction of sp³-hybridized carbons (Fsp3) is 0.941. The van der Waals surface area contributed by atoms with Crippen molar-refractivity contribution in [3.05, 3.63) is 0 Å². The predicted molar refractivity (Wildman–Crippen MR) is 98.0 cm³/mol. The molecule has 0 aromatic rings. The van der Waals surface area contributed by atoms with Crippen LogP contribution in [0.1, 0.15) is 52.9 Å². The number of rotatable bonds is 5. The van der Waals surface area contributed by atoms with Gasteiger partial charge in [-0.05, 0) is 33.6 Å². The zero-order chi connectivity index (χ0) is 18.5. The highest BCUT2D eigenvalue weighted by Crippen LogP contribution is 2.22. The van der Waals surface area contributed by atoms with Crippen LogP contribution in [0.25, 0.3) is 0 Å². The Kier molecular flexibility index (Phi) is 7.10. The van der Waals surface area contributed by atoms with Crippen LogP contribution in [-0.2, 0) is 14.8 Å². The molecule has 1 N–H and O–H groups in total. The van der Waals surface area contributed by atoms with Crippen LogP contribution in [0, 0.1) is 0 Å². The Morgan fingerprint density at radius 2 is 1.68 bits per heavy atom. The van der Waals surface area contributed by atoms with E-state index in [-0.39, 0.29) is 11.3 Å². The zero-order valence-electron chi connectivity index (χ0n) is 15.8.